The van der Waals surface area contributed by atoms with Crippen molar-refractivity contribution in [3.8, 4) is 39.2 Å². The molecule has 3 nitrogen and oxygen atoms in total. The predicted octanol–water partition coefficient (Wildman–Crippen LogP) is 12.4. The van der Waals surface area contributed by atoms with Crippen molar-refractivity contribution in [1.29, 1.82) is 0 Å². The molecular weight excluding hydrogens is 627 g/mol. The van der Waals surface area contributed by atoms with Crippen LogP contribution in [-0.2, 0) is 0 Å². The van der Waals surface area contributed by atoms with Crippen LogP contribution in [0.2, 0.25) is 0 Å². The number of benzene rings is 6. The largest absolute Gasteiger partial charge is 0.278 e. The summed E-state index contributed by atoms with van der Waals surface area (Å²) in [5.41, 5.74) is 11.5. The van der Waals surface area contributed by atoms with Gasteiger partial charge in [0.1, 0.15) is 11.5 Å². The average molecular weight is 656 g/mol. The maximum atomic E-state index is 5.10. The van der Waals surface area contributed by atoms with Crippen molar-refractivity contribution in [2.45, 2.75) is 9.79 Å². The van der Waals surface area contributed by atoms with E-state index in [0.29, 0.717) is 0 Å². The van der Waals surface area contributed by atoms with E-state index in [1.54, 1.807) is 0 Å². The Morgan fingerprint density at radius 2 is 1.24 bits per heavy atom. The Hall–Kier alpha value is -6.23. The van der Waals surface area contributed by atoms with Crippen LogP contribution in [0.3, 0.4) is 0 Å². The standard InChI is InChI=1S/C46H29N3S/c1-3-13-35-30(11-1)20-21-32-22-23-33(34-28-41-37-15-5-7-17-42(37)49(46(41)48-29-34)44-19-9-10-26-47-44)27-40(32)39-25-24-31-12-2-4-14-36(31)45(39)50-43-18-8-6-16-38(35)43/h1-29H. The fourth-order valence-corrected chi connectivity index (χ4v) is 8.59. The summed E-state index contributed by atoms with van der Waals surface area (Å²) in [6.45, 7) is 0. The van der Waals surface area contributed by atoms with E-state index in [9.17, 15) is 0 Å². The number of nitrogens with zero attached hydrogens (tertiary/aromatic N) is 3. The molecule has 0 atom stereocenters. The van der Waals surface area contributed by atoms with Crippen molar-refractivity contribution in [2.75, 3.05) is 0 Å². The van der Waals surface area contributed by atoms with Crippen molar-refractivity contribution in [2.24, 2.45) is 0 Å². The molecule has 0 spiro atoms. The van der Waals surface area contributed by atoms with Gasteiger partial charge in [0.15, 0.2) is 0 Å². The highest BCUT2D eigenvalue weighted by Gasteiger charge is 2.20. The topological polar surface area (TPSA) is 30.7 Å². The molecule has 50 heavy (non-hydrogen) atoms. The smallest absolute Gasteiger partial charge is 0.146 e. The van der Waals surface area contributed by atoms with E-state index >= 15 is 0 Å². The molecule has 0 saturated carbocycles. The van der Waals surface area contributed by atoms with Crippen LogP contribution in [0.5, 0.6) is 0 Å². The molecule has 234 valence electrons. The molecule has 0 fully saturated rings. The van der Waals surface area contributed by atoms with E-state index in [4.69, 9.17) is 4.98 Å². The molecule has 0 aliphatic carbocycles. The van der Waals surface area contributed by atoms with Gasteiger partial charge in [-0.2, -0.15) is 0 Å². The number of aromatic nitrogens is 3. The van der Waals surface area contributed by atoms with E-state index < -0.39 is 0 Å². The van der Waals surface area contributed by atoms with Crippen LogP contribution in [0.15, 0.2) is 174 Å². The molecule has 4 heterocycles. The maximum Gasteiger partial charge on any atom is 0.146 e. The highest BCUT2D eigenvalue weighted by Crippen LogP contribution is 2.47. The van der Waals surface area contributed by atoms with Gasteiger partial charge in [-0.15, -0.1) is 0 Å². The summed E-state index contributed by atoms with van der Waals surface area (Å²) in [5, 5.41) is 4.75. The van der Waals surface area contributed by atoms with Gasteiger partial charge in [0, 0.05) is 38.5 Å². The number of pyridine rings is 2. The quantitative estimate of drug-likeness (QED) is 0.186. The van der Waals surface area contributed by atoms with Crippen LogP contribution in [0.4, 0.5) is 0 Å². The Morgan fingerprint density at radius 1 is 0.480 bits per heavy atom. The lowest BCUT2D eigenvalue weighted by Crippen LogP contribution is -1.97. The minimum absolute atomic E-state index is 0.860. The predicted molar refractivity (Wildman–Crippen MR) is 210 cm³/mol. The van der Waals surface area contributed by atoms with E-state index in [-0.39, 0.29) is 0 Å². The lowest BCUT2D eigenvalue weighted by Gasteiger charge is -2.17. The highest BCUT2D eigenvalue weighted by molar-refractivity contribution is 7.99. The second-order valence-corrected chi connectivity index (χ2v) is 13.7. The first kappa shape index (κ1) is 28.8. The van der Waals surface area contributed by atoms with Crippen LogP contribution in [-0.4, -0.2) is 14.5 Å². The zero-order chi connectivity index (χ0) is 33.0. The van der Waals surface area contributed by atoms with Crippen LogP contribution in [0, 0.1) is 0 Å². The zero-order valence-electron chi connectivity index (χ0n) is 27.0. The molecule has 0 N–H and O–H groups in total. The Kier molecular flexibility index (Phi) is 6.74. The van der Waals surface area contributed by atoms with Crippen molar-refractivity contribution in [3.63, 3.8) is 0 Å². The molecule has 0 unspecified atom stereocenters. The minimum atomic E-state index is 0.860. The van der Waals surface area contributed by atoms with Crippen LogP contribution in [0.1, 0.15) is 11.1 Å². The molecule has 6 aromatic carbocycles. The molecular formula is C46H29N3S. The van der Waals surface area contributed by atoms with Crippen molar-refractivity contribution >= 4 is 56.6 Å². The van der Waals surface area contributed by atoms with Crippen molar-refractivity contribution in [1.82, 2.24) is 14.5 Å². The molecule has 9 aromatic rings. The van der Waals surface area contributed by atoms with Gasteiger partial charge in [-0.05, 0) is 86.1 Å². The second-order valence-electron chi connectivity index (χ2n) is 12.6. The van der Waals surface area contributed by atoms with Gasteiger partial charge in [0.25, 0.3) is 0 Å². The van der Waals surface area contributed by atoms with Crippen LogP contribution in [0.25, 0.3) is 84.1 Å². The molecule has 0 amide bonds. The monoisotopic (exact) mass is 655 g/mol. The normalized spacial score (nSPS) is 12.2. The van der Waals surface area contributed by atoms with Crippen LogP contribution >= 0.6 is 11.8 Å². The summed E-state index contributed by atoms with van der Waals surface area (Å²) in [6, 6.07) is 54.4. The Bertz CT molecular complexity index is 2790. The van der Waals surface area contributed by atoms with Gasteiger partial charge in [-0.25, -0.2) is 9.97 Å². The molecule has 10 rings (SSSR count). The SMILES string of the molecule is C1=Cc2ccc(-c3cnc4c(c3)c3ccccc3n4-c3ccccn3)cc2-c2ccc3ccccc3c2Sc2ccccc2-c2ccccc21. The van der Waals surface area contributed by atoms with Gasteiger partial charge >= 0.3 is 0 Å². The summed E-state index contributed by atoms with van der Waals surface area (Å²) in [4.78, 5) is 12.3. The van der Waals surface area contributed by atoms with Crippen molar-refractivity contribution in [3.05, 3.63) is 175 Å². The van der Waals surface area contributed by atoms with Gasteiger partial charge < -0.3 is 0 Å². The Balaban J connectivity index is 1.22. The number of hydrogen-bond donors (Lipinski definition) is 0. The van der Waals surface area contributed by atoms with E-state index in [2.05, 4.69) is 155 Å². The molecule has 4 heteroatoms. The van der Waals surface area contributed by atoms with Gasteiger partial charge in [-0.3, -0.25) is 4.57 Å². The first-order valence-electron chi connectivity index (χ1n) is 16.8. The number of fused-ring (bicyclic) bond motifs is 11. The summed E-state index contributed by atoms with van der Waals surface area (Å²) in [6.07, 6.45) is 8.38. The number of hydrogen-bond acceptors (Lipinski definition) is 3. The first-order chi connectivity index (χ1) is 24.8. The van der Waals surface area contributed by atoms with E-state index in [1.165, 1.54) is 53.9 Å². The Labute approximate surface area is 294 Å². The van der Waals surface area contributed by atoms with Crippen molar-refractivity contribution < 1.29 is 0 Å². The average Bonchev–Trinajstić information content (AvgIpc) is 3.50. The highest BCUT2D eigenvalue weighted by atomic mass is 32.2. The third-order valence-corrected chi connectivity index (χ3v) is 11.0. The fraction of sp³-hybridized carbons (Fsp3) is 0. The van der Waals surface area contributed by atoms with Gasteiger partial charge in [0.05, 0.1) is 5.52 Å². The molecule has 3 aromatic heterocycles. The van der Waals surface area contributed by atoms with Gasteiger partial charge in [0.2, 0.25) is 0 Å². The third kappa shape index (κ3) is 4.68. The second kappa shape index (κ2) is 11.7. The molecule has 0 radical (unpaired) electrons. The number of rotatable bonds is 2. The molecule has 1 aliphatic heterocycles. The maximum absolute atomic E-state index is 5.10. The van der Waals surface area contributed by atoms with Gasteiger partial charge in [-0.1, -0.05) is 139 Å². The fourth-order valence-electron chi connectivity index (χ4n) is 7.35. The summed E-state index contributed by atoms with van der Waals surface area (Å²) in [7, 11) is 0. The van der Waals surface area contributed by atoms with Crippen LogP contribution < -0.4 is 0 Å². The van der Waals surface area contributed by atoms with E-state index in [0.717, 1.165) is 38.9 Å². The lowest BCUT2D eigenvalue weighted by atomic mass is 9.92. The third-order valence-electron chi connectivity index (χ3n) is 9.74. The lowest BCUT2D eigenvalue weighted by molar-refractivity contribution is 1.06. The Morgan fingerprint density at radius 3 is 2.14 bits per heavy atom. The molecule has 0 saturated heterocycles. The zero-order valence-corrected chi connectivity index (χ0v) is 27.8. The summed E-state index contributed by atoms with van der Waals surface area (Å²) >= 11 is 1.86. The number of para-hydroxylation sites is 1. The molecule has 1 aliphatic rings. The molecule has 0 bridgehead atoms. The summed E-state index contributed by atoms with van der Waals surface area (Å²) < 4.78 is 2.16. The summed E-state index contributed by atoms with van der Waals surface area (Å²) in [5.74, 6) is 0.860. The first-order valence-corrected chi connectivity index (χ1v) is 17.6. The van der Waals surface area contributed by atoms with E-state index in [1.807, 2.05) is 42.4 Å². The minimum Gasteiger partial charge on any atom is -0.278 e.